The minimum absolute atomic E-state index is 0.0769. The van der Waals surface area contributed by atoms with Crippen molar-refractivity contribution in [2.24, 2.45) is 0 Å². The van der Waals surface area contributed by atoms with E-state index in [1.54, 1.807) is 6.07 Å². The molecule has 2 heterocycles. The summed E-state index contributed by atoms with van der Waals surface area (Å²) in [7, 11) is -3.50. The highest BCUT2D eigenvalue weighted by Crippen LogP contribution is 2.29. The van der Waals surface area contributed by atoms with Crippen LogP contribution in [0.1, 0.15) is 55.2 Å². The Hall–Kier alpha value is -3.67. The number of halogens is 1. The average molecular weight is 501 g/mol. The molecule has 3 aromatic rings. The fourth-order valence-corrected chi connectivity index (χ4v) is 4.70. The SMILES string of the molecule is CCOc1cncc(-c2ccc(C(=O)NC(CC)c3cncc(NS(=O)(=O)C4CC4)n3)c(F)c2)n1. The Bertz CT molecular complexity index is 1330. The largest absolute Gasteiger partial charge is 0.477 e. The van der Waals surface area contributed by atoms with Gasteiger partial charge in [-0.25, -0.2) is 22.8 Å². The molecular formula is C23H25FN6O4S. The van der Waals surface area contributed by atoms with Crippen LogP contribution in [0.5, 0.6) is 5.88 Å². The van der Waals surface area contributed by atoms with Gasteiger partial charge >= 0.3 is 0 Å². The highest BCUT2D eigenvalue weighted by molar-refractivity contribution is 7.93. The maximum Gasteiger partial charge on any atom is 0.254 e. The van der Waals surface area contributed by atoms with E-state index >= 15 is 0 Å². The summed E-state index contributed by atoms with van der Waals surface area (Å²) in [4.78, 5) is 29.5. The van der Waals surface area contributed by atoms with Gasteiger partial charge in [-0.3, -0.25) is 19.5 Å². The molecule has 12 heteroatoms. The van der Waals surface area contributed by atoms with Crippen molar-refractivity contribution in [1.82, 2.24) is 25.3 Å². The molecule has 0 saturated heterocycles. The van der Waals surface area contributed by atoms with Gasteiger partial charge in [-0.1, -0.05) is 13.0 Å². The van der Waals surface area contributed by atoms with Crippen LogP contribution in [0.25, 0.3) is 11.3 Å². The van der Waals surface area contributed by atoms with E-state index in [0.29, 0.717) is 48.7 Å². The third-order valence-corrected chi connectivity index (χ3v) is 7.19. The predicted octanol–water partition coefficient (Wildman–Crippen LogP) is 3.26. The minimum atomic E-state index is -3.50. The number of hydrogen-bond acceptors (Lipinski definition) is 8. The maximum atomic E-state index is 14.9. The molecule has 2 N–H and O–H groups in total. The second-order valence-corrected chi connectivity index (χ2v) is 9.94. The molecule has 1 saturated carbocycles. The number of sulfonamides is 1. The van der Waals surface area contributed by atoms with E-state index in [1.807, 2.05) is 13.8 Å². The molecule has 4 rings (SSSR count). The third-order valence-electron chi connectivity index (χ3n) is 5.35. The van der Waals surface area contributed by atoms with Crippen LogP contribution in [-0.4, -0.2) is 46.1 Å². The lowest BCUT2D eigenvalue weighted by Gasteiger charge is -2.17. The second kappa shape index (κ2) is 10.3. The fraction of sp³-hybridized carbons (Fsp3) is 0.348. The van der Waals surface area contributed by atoms with Crippen molar-refractivity contribution in [3.8, 4) is 17.1 Å². The highest BCUT2D eigenvalue weighted by Gasteiger charge is 2.36. The number of ether oxygens (including phenoxy) is 1. The van der Waals surface area contributed by atoms with Gasteiger partial charge in [0.15, 0.2) is 5.82 Å². The predicted molar refractivity (Wildman–Crippen MR) is 127 cm³/mol. The van der Waals surface area contributed by atoms with Crippen molar-refractivity contribution in [2.45, 2.75) is 44.4 Å². The van der Waals surface area contributed by atoms with E-state index in [-0.39, 0.29) is 11.4 Å². The molecule has 1 aromatic carbocycles. The standard InChI is InChI=1S/C23H25FN6O4S/c1-3-18(20-11-25-12-21(27-20)30-35(32,33)15-6-7-15)29-23(31)16-8-5-14(9-17(16)24)19-10-26-13-22(28-19)34-4-2/h5,8-13,15,18H,3-4,6-7H2,1-2H3,(H,27,30)(H,29,31). The number of amides is 1. The number of benzene rings is 1. The van der Waals surface area contributed by atoms with Gasteiger partial charge in [0, 0.05) is 5.56 Å². The van der Waals surface area contributed by atoms with Gasteiger partial charge in [0.05, 0.1) is 59.6 Å². The van der Waals surface area contributed by atoms with Crippen LogP contribution in [-0.2, 0) is 10.0 Å². The molecule has 1 atom stereocenters. The van der Waals surface area contributed by atoms with Crippen LogP contribution in [0.3, 0.4) is 0 Å². The lowest BCUT2D eigenvalue weighted by atomic mass is 10.1. The molecule has 1 amide bonds. The van der Waals surface area contributed by atoms with E-state index in [0.717, 1.165) is 0 Å². The lowest BCUT2D eigenvalue weighted by Crippen LogP contribution is -2.30. The molecule has 1 fully saturated rings. The Balaban J connectivity index is 1.49. The van der Waals surface area contributed by atoms with Crippen molar-refractivity contribution in [3.05, 3.63) is 60.1 Å². The number of hydrogen-bond donors (Lipinski definition) is 2. The summed E-state index contributed by atoms with van der Waals surface area (Å²) in [5, 5.41) is 2.33. The van der Waals surface area contributed by atoms with Gasteiger partial charge in [0.25, 0.3) is 5.91 Å². The third kappa shape index (κ3) is 5.88. The van der Waals surface area contributed by atoms with Crippen molar-refractivity contribution < 1.29 is 22.3 Å². The van der Waals surface area contributed by atoms with Crippen molar-refractivity contribution >= 4 is 21.7 Å². The number of nitrogens with one attached hydrogen (secondary N) is 2. The zero-order chi connectivity index (χ0) is 25.0. The van der Waals surface area contributed by atoms with E-state index in [9.17, 15) is 17.6 Å². The first-order chi connectivity index (χ1) is 16.8. The summed E-state index contributed by atoms with van der Waals surface area (Å²) in [6.07, 6.45) is 7.35. The topological polar surface area (TPSA) is 136 Å². The first-order valence-electron chi connectivity index (χ1n) is 11.2. The summed E-state index contributed by atoms with van der Waals surface area (Å²) in [6, 6.07) is 3.55. The Morgan fingerprint density at radius 3 is 2.60 bits per heavy atom. The Morgan fingerprint density at radius 1 is 1.14 bits per heavy atom. The zero-order valence-corrected chi connectivity index (χ0v) is 20.0. The Morgan fingerprint density at radius 2 is 1.91 bits per heavy atom. The normalized spacial score (nSPS) is 14.3. The van der Waals surface area contributed by atoms with Gasteiger partial charge in [-0.2, -0.15) is 0 Å². The summed E-state index contributed by atoms with van der Waals surface area (Å²) >= 11 is 0. The molecule has 1 unspecified atom stereocenters. The summed E-state index contributed by atoms with van der Waals surface area (Å²) < 4.78 is 47.0. The van der Waals surface area contributed by atoms with Crippen LogP contribution >= 0.6 is 0 Å². The number of carbonyl (C=O) groups excluding carboxylic acids is 1. The molecule has 0 spiro atoms. The smallest absolute Gasteiger partial charge is 0.254 e. The van der Waals surface area contributed by atoms with Gasteiger partial charge in [0.1, 0.15) is 5.82 Å². The quantitative estimate of drug-likeness (QED) is 0.433. The van der Waals surface area contributed by atoms with Crippen LogP contribution < -0.4 is 14.8 Å². The van der Waals surface area contributed by atoms with Crippen molar-refractivity contribution in [1.29, 1.82) is 0 Å². The average Bonchev–Trinajstić information content (AvgIpc) is 3.69. The molecule has 2 aromatic heterocycles. The number of nitrogens with zero attached hydrogens (tertiary/aromatic N) is 4. The molecule has 184 valence electrons. The van der Waals surface area contributed by atoms with Gasteiger partial charge in [-0.05, 0) is 38.3 Å². The highest BCUT2D eigenvalue weighted by atomic mass is 32.2. The molecule has 0 aliphatic heterocycles. The van der Waals surface area contributed by atoms with E-state index in [2.05, 4.69) is 30.0 Å². The molecule has 0 radical (unpaired) electrons. The second-order valence-electron chi connectivity index (χ2n) is 7.98. The van der Waals surface area contributed by atoms with E-state index in [1.165, 1.54) is 36.9 Å². The van der Waals surface area contributed by atoms with Crippen molar-refractivity contribution in [3.63, 3.8) is 0 Å². The maximum absolute atomic E-state index is 14.9. The number of aromatic nitrogens is 4. The summed E-state index contributed by atoms with van der Waals surface area (Å²) in [5.41, 5.74) is 1.06. The lowest BCUT2D eigenvalue weighted by molar-refractivity contribution is 0.0930. The molecular weight excluding hydrogens is 475 g/mol. The zero-order valence-electron chi connectivity index (χ0n) is 19.2. The minimum Gasteiger partial charge on any atom is -0.477 e. The fourth-order valence-electron chi connectivity index (χ4n) is 3.39. The van der Waals surface area contributed by atoms with Crippen LogP contribution in [0.4, 0.5) is 10.2 Å². The van der Waals surface area contributed by atoms with Crippen LogP contribution in [0, 0.1) is 5.82 Å². The van der Waals surface area contributed by atoms with E-state index in [4.69, 9.17) is 4.74 Å². The molecule has 0 bridgehead atoms. The van der Waals surface area contributed by atoms with Crippen LogP contribution in [0.2, 0.25) is 0 Å². The first kappa shape index (κ1) is 24.5. The number of rotatable bonds is 10. The molecule has 1 aliphatic carbocycles. The molecule has 35 heavy (non-hydrogen) atoms. The molecule has 1 aliphatic rings. The number of carbonyl (C=O) groups is 1. The van der Waals surface area contributed by atoms with E-state index < -0.39 is 33.0 Å². The van der Waals surface area contributed by atoms with Gasteiger partial charge in [0.2, 0.25) is 15.9 Å². The first-order valence-corrected chi connectivity index (χ1v) is 12.7. The summed E-state index contributed by atoms with van der Waals surface area (Å²) in [6.45, 7) is 4.06. The Labute approximate surface area is 202 Å². The van der Waals surface area contributed by atoms with Crippen molar-refractivity contribution in [2.75, 3.05) is 11.3 Å². The summed E-state index contributed by atoms with van der Waals surface area (Å²) in [5.74, 6) is -0.967. The number of anilines is 1. The van der Waals surface area contributed by atoms with Gasteiger partial charge in [-0.15, -0.1) is 0 Å². The van der Waals surface area contributed by atoms with Crippen LogP contribution in [0.15, 0.2) is 43.0 Å². The monoisotopic (exact) mass is 500 g/mol. The molecule has 10 nitrogen and oxygen atoms in total. The Kier molecular flexibility index (Phi) is 7.20. The van der Waals surface area contributed by atoms with Gasteiger partial charge < -0.3 is 10.1 Å².